The molecule has 0 aliphatic rings. The van der Waals surface area contributed by atoms with Crippen LogP contribution in [0.25, 0.3) is 0 Å². The lowest BCUT2D eigenvalue weighted by Gasteiger charge is -2.11. The standard InChI is InChI=1S/C11H15BrN2O2/c1-7-2-3-8(12)6-10(7)14-5-4-9(13)11(15)16/h2-3,6,9,14H,4-5,13H2,1H3,(H,15,16). The minimum Gasteiger partial charge on any atom is -0.480 e. The minimum absolute atomic E-state index is 0.404. The fourth-order valence-electron chi connectivity index (χ4n) is 1.27. The number of carboxylic acid groups (broad SMARTS) is 1. The normalized spacial score (nSPS) is 12.2. The van der Waals surface area contributed by atoms with Gasteiger partial charge in [0.1, 0.15) is 6.04 Å². The predicted octanol–water partition coefficient (Wildman–Crippen LogP) is 1.97. The number of carbonyl (C=O) groups is 1. The number of rotatable bonds is 5. The van der Waals surface area contributed by atoms with E-state index in [1.165, 1.54) is 0 Å². The molecule has 0 saturated carbocycles. The van der Waals surface area contributed by atoms with Gasteiger partial charge in [0.15, 0.2) is 0 Å². The summed E-state index contributed by atoms with van der Waals surface area (Å²) in [4.78, 5) is 10.5. The molecule has 0 aromatic heterocycles. The monoisotopic (exact) mass is 286 g/mol. The Labute approximate surface area is 103 Å². The van der Waals surface area contributed by atoms with Gasteiger partial charge in [-0.3, -0.25) is 4.79 Å². The third kappa shape index (κ3) is 3.83. The van der Waals surface area contributed by atoms with E-state index in [0.29, 0.717) is 13.0 Å². The Morgan fingerprint density at radius 2 is 2.31 bits per heavy atom. The third-order valence-corrected chi connectivity index (χ3v) is 2.78. The van der Waals surface area contributed by atoms with E-state index in [1.54, 1.807) is 0 Å². The molecule has 16 heavy (non-hydrogen) atoms. The van der Waals surface area contributed by atoms with Crippen molar-refractivity contribution in [1.29, 1.82) is 0 Å². The van der Waals surface area contributed by atoms with Gasteiger partial charge in [-0.2, -0.15) is 0 Å². The van der Waals surface area contributed by atoms with Gasteiger partial charge in [0.25, 0.3) is 0 Å². The first-order valence-corrected chi connectivity index (χ1v) is 5.78. The van der Waals surface area contributed by atoms with E-state index in [1.807, 2.05) is 25.1 Å². The number of nitrogens with two attached hydrogens (primary N) is 1. The average Bonchev–Trinajstić information content (AvgIpc) is 2.22. The molecule has 0 heterocycles. The van der Waals surface area contributed by atoms with E-state index < -0.39 is 12.0 Å². The van der Waals surface area contributed by atoms with Gasteiger partial charge in [-0.15, -0.1) is 0 Å². The fourth-order valence-corrected chi connectivity index (χ4v) is 1.63. The molecule has 0 spiro atoms. The summed E-state index contributed by atoms with van der Waals surface area (Å²) >= 11 is 3.38. The third-order valence-electron chi connectivity index (χ3n) is 2.29. The maximum absolute atomic E-state index is 10.5. The fraction of sp³-hybridized carbons (Fsp3) is 0.364. The number of aryl methyl sites for hydroxylation is 1. The molecule has 0 saturated heterocycles. The second-order valence-electron chi connectivity index (χ2n) is 3.62. The molecular formula is C11H15BrN2O2. The number of hydrogen-bond donors (Lipinski definition) is 3. The maximum atomic E-state index is 10.5. The van der Waals surface area contributed by atoms with Crippen molar-refractivity contribution in [2.75, 3.05) is 11.9 Å². The molecule has 1 aromatic carbocycles. The molecule has 88 valence electrons. The van der Waals surface area contributed by atoms with E-state index in [-0.39, 0.29) is 0 Å². The summed E-state index contributed by atoms with van der Waals surface area (Å²) < 4.78 is 0.989. The highest BCUT2D eigenvalue weighted by atomic mass is 79.9. The second kappa shape index (κ2) is 5.86. The molecule has 0 fully saturated rings. The van der Waals surface area contributed by atoms with Crippen LogP contribution in [0.3, 0.4) is 0 Å². The number of benzene rings is 1. The van der Waals surface area contributed by atoms with Gasteiger partial charge >= 0.3 is 5.97 Å². The van der Waals surface area contributed by atoms with Gasteiger partial charge < -0.3 is 16.2 Å². The van der Waals surface area contributed by atoms with Crippen LogP contribution in [0, 0.1) is 6.92 Å². The highest BCUT2D eigenvalue weighted by molar-refractivity contribution is 9.10. The molecule has 0 bridgehead atoms. The SMILES string of the molecule is Cc1ccc(Br)cc1NCCC(N)C(=O)O. The van der Waals surface area contributed by atoms with Crippen molar-refractivity contribution in [3.63, 3.8) is 0 Å². The van der Waals surface area contributed by atoms with Crippen molar-refractivity contribution in [3.05, 3.63) is 28.2 Å². The zero-order valence-corrected chi connectivity index (χ0v) is 10.6. The van der Waals surface area contributed by atoms with Crippen LogP contribution in [0.4, 0.5) is 5.69 Å². The molecule has 1 atom stereocenters. The number of carboxylic acids is 1. The Morgan fingerprint density at radius 1 is 1.62 bits per heavy atom. The molecule has 5 heteroatoms. The van der Waals surface area contributed by atoms with E-state index in [9.17, 15) is 4.79 Å². The Bertz CT molecular complexity index is 382. The molecule has 1 aromatic rings. The van der Waals surface area contributed by atoms with Crippen molar-refractivity contribution in [2.45, 2.75) is 19.4 Å². The summed E-state index contributed by atoms with van der Waals surface area (Å²) in [5.74, 6) is -0.965. The Balaban J connectivity index is 2.48. The lowest BCUT2D eigenvalue weighted by atomic mass is 10.2. The summed E-state index contributed by atoms with van der Waals surface area (Å²) in [5, 5.41) is 11.8. The summed E-state index contributed by atoms with van der Waals surface area (Å²) in [7, 11) is 0. The molecule has 4 N–H and O–H groups in total. The zero-order chi connectivity index (χ0) is 12.1. The van der Waals surface area contributed by atoms with Gasteiger partial charge in [-0.1, -0.05) is 22.0 Å². The maximum Gasteiger partial charge on any atom is 0.320 e. The van der Waals surface area contributed by atoms with Crippen LogP contribution in [0.1, 0.15) is 12.0 Å². The second-order valence-corrected chi connectivity index (χ2v) is 4.54. The van der Waals surface area contributed by atoms with Crippen LogP contribution in [0.15, 0.2) is 22.7 Å². The van der Waals surface area contributed by atoms with Crippen LogP contribution in [-0.2, 0) is 4.79 Å². The van der Waals surface area contributed by atoms with Crippen LogP contribution in [0.2, 0.25) is 0 Å². The van der Waals surface area contributed by atoms with Crippen molar-refractivity contribution in [2.24, 2.45) is 5.73 Å². The first-order chi connectivity index (χ1) is 7.50. The Hall–Kier alpha value is -1.07. The van der Waals surface area contributed by atoms with Crippen molar-refractivity contribution >= 4 is 27.6 Å². The molecule has 0 aliphatic carbocycles. The van der Waals surface area contributed by atoms with Crippen molar-refractivity contribution in [1.82, 2.24) is 0 Å². The number of aliphatic carboxylic acids is 1. The summed E-state index contributed by atoms with van der Waals surface area (Å²) in [6, 6.07) is 5.11. The van der Waals surface area contributed by atoms with E-state index >= 15 is 0 Å². The molecule has 1 unspecified atom stereocenters. The smallest absolute Gasteiger partial charge is 0.320 e. The van der Waals surface area contributed by atoms with Gasteiger partial charge in [0.05, 0.1) is 0 Å². The number of hydrogen-bond acceptors (Lipinski definition) is 3. The number of halogens is 1. The molecule has 0 aliphatic heterocycles. The van der Waals surface area contributed by atoms with E-state index in [0.717, 1.165) is 15.7 Å². The number of anilines is 1. The molecule has 0 radical (unpaired) electrons. The van der Waals surface area contributed by atoms with Gasteiger partial charge in [-0.25, -0.2) is 0 Å². The number of nitrogens with one attached hydrogen (secondary N) is 1. The zero-order valence-electron chi connectivity index (χ0n) is 9.03. The molecule has 4 nitrogen and oxygen atoms in total. The highest BCUT2D eigenvalue weighted by Crippen LogP contribution is 2.20. The Kier molecular flexibility index (Phi) is 4.76. The Morgan fingerprint density at radius 3 is 2.94 bits per heavy atom. The summed E-state index contributed by atoms with van der Waals surface area (Å²) in [5.41, 5.74) is 7.51. The predicted molar refractivity (Wildman–Crippen MR) is 67.6 cm³/mol. The van der Waals surface area contributed by atoms with E-state index in [4.69, 9.17) is 10.8 Å². The molecule has 1 rings (SSSR count). The van der Waals surface area contributed by atoms with Crippen molar-refractivity contribution in [3.8, 4) is 0 Å². The summed E-state index contributed by atoms with van der Waals surface area (Å²) in [6.07, 6.45) is 0.404. The van der Waals surface area contributed by atoms with Crippen molar-refractivity contribution < 1.29 is 9.90 Å². The topological polar surface area (TPSA) is 75.3 Å². The van der Waals surface area contributed by atoms with Crippen LogP contribution < -0.4 is 11.1 Å². The van der Waals surface area contributed by atoms with Crippen LogP contribution in [-0.4, -0.2) is 23.7 Å². The quantitative estimate of drug-likeness (QED) is 0.774. The highest BCUT2D eigenvalue weighted by Gasteiger charge is 2.10. The van der Waals surface area contributed by atoms with Gasteiger partial charge in [0.2, 0.25) is 0 Å². The first kappa shape index (κ1) is 13.0. The first-order valence-electron chi connectivity index (χ1n) is 4.99. The average molecular weight is 287 g/mol. The minimum atomic E-state index is -0.965. The lowest BCUT2D eigenvalue weighted by Crippen LogP contribution is -2.32. The van der Waals surface area contributed by atoms with Crippen LogP contribution >= 0.6 is 15.9 Å². The lowest BCUT2D eigenvalue weighted by molar-refractivity contribution is -0.138. The van der Waals surface area contributed by atoms with Gasteiger partial charge in [0, 0.05) is 16.7 Å². The molecule has 0 amide bonds. The van der Waals surface area contributed by atoms with E-state index in [2.05, 4.69) is 21.2 Å². The molecular weight excluding hydrogens is 272 g/mol. The van der Waals surface area contributed by atoms with Crippen LogP contribution in [0.5, 0.6) is 0 Å². The van der Waals surface area contributed by atoms with Gasteiger partial charge in [-0.05, 0) is 31.0 Å². The largest absolute Gasteiger partial charge is 0.480 e. The summed E-state index contributed by atoms with van der Waals surface area (Å²) in [6.45, 7) is 2.54.